The number of carbonyl (C=O) groups is 2. The number of amides is 1. The molecule has 0 bridgehead atoms. The van der Waals surface area contributed by atoms with Crippen LogP contribution in [-0.4, -0.2) is 41.8 Å². The van der Waals surface area contributed by atoms with Crippen molar-refractivity contribution >= 4 is 12.1 Å². The van der Waals surface area contributed by atoms with Gasteiger partial charge in [-0.25, -0.2) is 9.59 Å². The highest BCUT2D eigenvalue weighted by Gasteiger charge is 2.35. The molecule has 1 aliphatic heterocycles. The third kappa shape index (κ3) is 4.87. The van der Waals surface area contributed by atoms with Gasteiger partial charge < -0.3 is 14.4 Å². The van der Waals surface area contributed by atoms with Crippen molar-refractivity contribution in [3.05, 3.63) is 12.2 Å². The van der Waals surface area contributed by atoms with E-state index in [4.69, 9.17) is 9.47 Å². The summed E-state index contributed by atoms with van der Waals surface area (Å²) in [6.45, 7) is 10.3. The molecule has 20 heavy (non-hydrogen) atoms. The first kappa shape index (κ1) is 16.5. The van der Waals surface area contributed by atoms with Crippen LogP contribution in [0.15, 0.2) is 12.2 Å². The van der Waals surface area contributed by atoms with Crippen LogP contribution in [0, 0.1) is 5.92 Å². The van der Waals surface area contributed by atoms with E-state index in [2.05, 4.69) is 6.92 Å². The van der Waals surface area contributed by atoms with Crippen molar-refractivity contribution in [1.29, 1.82) is 0 Å². The number of hydrogen-bond donors (Lipinski definition) is 0. The quantitative estimate of drug-likeness (QED) is 0.590. The maximum absolute atomic E-state index is 12.1. The van der Waals surface area contributed by atoms with Crippen LogP contribution in [0.1, 0.15) is 41.0 Å². The Hall–Kier alpha value is -1.52. The SMILES string of the molecule is CCOC(=O)/C=C/[C@@H]1[C@@H](C)CCN1C(=O)OC(C)(C)C. The molecule has 1 saturated heterocycles. The van der Waals surface area contributed by atoms with Crippen molar-refractivity contribution in [2.24, 2.45) is 5.92 Å². The van der Waals surface area contributed by atoms with Gasteiger partial charge in [-0.05, 0) is 40.0 Å². The van der Waals surface area contributed by atoms with Crippen LogP contribution in [0.3, 0.4) is 0 Å². The zero-order chi connectivity index (χ0) is 15.3. The van der Waals surface area contributed by atoms with Gasteiger partial charge in [-0.15, -0.1) is 0 Å². The average Bonchev–Trinajstić information content (AvgIpc) is 2.66. The molecule has 1 amide bonds. The molecule has 1 aliphatic rings. The lowest BCUT2D eigenvalue weighted by Gasteiger charge is -2.28. The van der Waals surface area contributed by atoms with Gasteiger partial charge in [0.25, 0.3) is 0 Å². The predicted octanol–water partition coefficient (Wildman–Crippen LogP) is 2.75. The Morgan fingerprint density at radius 2 is 2.00 bits per heavy atom. The van der Waals surface area contributed by atoms with E-state index in [9.17, 15) is 9.59 Å². The maximum Gasteiger partial charge on any atom is 0.410 e. The highest BCUT2D eigenvalue weighted by molar-refractivity contribution is 5.82. The minimum Gasteiger partial charge on any atom is -0.463 e. The molecule has 5 nitrogen and oxygen atoms in total. The smallest absolute Gasteiger partial charge is 0.410 e. The molecule has 0 radical (unpaired) electrons. The highest BCUT2D eigenvalue weighted by atomic mass is 16.6. The van der Waals surface area contributed by atoms with Crippen LogP contribution < -0.4 is 0 Å². The van der Waals surface area contributed by atoms with Crippen LogP contribution in [-0.2, 0) is 14.3 Å². The number of hydrogen-bond acceptors (Lipinski definition) is 4. The third-order valence-corrected chi connectivity index (χ3v) is 3.11. The summed E-state index contributed by atoms with van der Waals surface area (Å²) in [5.41, 5.74) is -0.516. The zero-order valence-corrected chi connectivity index (χ0v) is 13.0. The first-order valence-corrected chi connectivity index (χ1v) is 7.09. The molecule has 114 valence electrons. The molecule has 0 aromatic rings. The Balaban J connectivity index is 2.71. The Morgan fingerprint density at radius 3 is 2.55 bits per heavy atom. The fraction of sp³-hybridized carbons (Fsp3) is 0.733. The van der Waals surface area contributed by atoms with Crippen LogP contribution >= 0.6 is 0 Å². The maximum atomic E-state index is 12.1. The number of rotatable bonds is 3. The van der Waals surface area contributed by atoms with Crippen molar-refractivity contribution in [3.63, 3.8) is 0 Å². The second kappa shape index (κ2) is 6.77. The lowest BCUT2D eigenvalue weighted by Crippen LogP contribution is -2.40. The zero-order valence-electron chi connectivity index (χ0n) is 13.0. The van der Waals surface area contributed by atoms with E-state index in [-0.39, 0.29) is 18.1 Å². The summed E-state index contributed by atoms with van der Waals surface area (Å²) in [7, 11) is 0. The number of ether oxygens (including phenoxy) is 2. The van der Waals surface area contributed by atoms with Crippen molar-refractivity contribution in [3.8, 4) is 0 Å². The summed E-state index contributed by atoms with van der Waals surface area (Å²) in [6.07, 6.45) is 3.70. The first-order chi connectivity index (χ1) is 9.24. The summed E-state index contributed by atoms with van der Waals surface area (Å²) in [6, 6.07) is -0.116. The highest BCUT2D eigenvalue weighted by Crippen LogP contribution is 2.26. The van der Waals surface area contributed by atoms with E-state index in [1.165, 1.54) is 6.08 Å². The number of esters is 1. The molecule has 1 heterocycles. The normalized spacial score (nSPS) is 23.1. The van der Waals surface area contributed by atoms with Crippen molar-refractivity contribution in [1.82, 2.24) is 4.90 Å². The van der Waals surface area contributed by atoms with E-state index in [0.29, 0.717) is 19.1 Å². The van der Waals surface area contributed by atoms with Crippen LogP contribution in [0.2, 0.25) is 0 Å². The van der Waals surface area contributed by atoms with Gasteiger partial charge in [0, 0.05) is 12.6 Å². The molecule has 1 rings (SSSR count). The third-order valence-electron chi connectivity index (χ3n) is 3.11. The number of nitrogens with zero attached hydrogens (tertiary/aromatic N) is 1. The van der Waals surface area contributed by atoms with Crippen LogP contribution in [0.5, 0.6) is 0 Å². The van der Waals surface area contributed by atoms with Crippen molar-refractivity contribution in [2.45, 2.75) is 52.7 Å². The lowest BCUT2D eigenvalue weighted by molar-refractivity contribution is -0.137. The van der Waals surface area contributed by atoms with E-state index < -0.39 is 5.60 Å². The van der Waals surface area contributed by atoms with Crippen molar-refractivity contribution < 1.29 is 19.1 Å². The molecular weight excluding hydrogens is 258 g/mol. The van der Waals surface area contributed by atoms with Gasteiger partial charge in [0.2, 0.25) is 0 Å². The van der Waals surface area contributed by atoms with E-state index >= 15 is 0 Å². The van der Waals surface area contributed by atoms with Gasteiger partial charge in [0.1, 0.15) is 5.60 Å². The Labute approximate surface area is 120 Å². The summed E-state index contributed by atoms with van der Waals surface area (Å²) >= 11 is 0. The van der Waals surface area contributed by atoms with Gasteiger partial charge in [0.05, 0.1) is 12.6 Å². The van der Waals surface area contributed by atoms with Gasteiger partial charge in [-0.2, -0.15) is 0 Å². The average molecular weight is 283 g/mol. The lowest BCUT2D eigenvalue weighted by atomic mass is 10.0. The van der Waals surface area contributed by atoms with Gasteiger partial charge in [0.15, 0.2) is 0 Å². The molecular formula is C15H25NO4. The second-order valence-electron chi connectivity index (χ2n) is 6.04. The Bertz CT molecular complexity index is 384. The molecule has 0 aliphatic carbocycles. The molecule has 0 spiro atoms. The Kier molecular flexibility index (Phi) is 5.60. The van der Waals surface area contributed by atoms with Gasteiger partial charge in [-0.1, -0.05) is 13.0 Å². The topological polar surface area (TPSA) is 55.8 Å². The van der Waals surface area contributed by atoms with Crippen LogP contribution in [0.4, 0.5) is 4.79 Å². The summed E-state index contributed by atoms with van der Waals surface area (Å²) in [5.74, 6) is -0.0797. The monoisotopic (exact) mass is 283 g/mol. The molecule has 0 N–H and O–H groups in total. The van der Waals surface area contributed by atoms with Crippen molar-refractivity contribution in [2.75, 3.05) is 13.2 Å². The van der Waals surface area contributed by atoms with Crippen LogP contribution in [0.25, 0.3) is 0 Å². The second-order valence-corrected chi connectivity index (χ2v) is 6.04. The minimum absolute atomic E-state index is 0.116. The molecule has 0 aromatic carbocycles. The van der Waals surface area contributed by atoms with E-state index in [1.807, 2.05) is 20.8 Å². The molecule has 0 aromatic heterocycles. The summed E-state index contributed by atoms with van der Waals surface area (Å²) in [5, 5.41) is 0. The fourth-order valence-electron chi connectivity index (χ4n) is 2.16. The van der Waals surface area contributed by atoms with E-state index in [0.717, 1.165) is 6.42 Å². The largest absolute Gasteiger partial charge is 0.463 e. The summed E-state index contributed by atoms with van der Waals surface area (Å²) in [4.78, 5) is 25.2. The van der Waals surface area contributed by atoms with Gasteiger partial charge in [-0.3, -0.25) is 0 Å². The molecule has 1 fully saturated rings. The first-order valence-electron chi connectivity index (χ1n) is 7.09. The molecule has 0 saturated carbocycles. The van der Waals surface area contributed by atoms with Gasteiger partial charge >= 0.3 is 12.1 Å². The minimum atomic E-state index is -0.516. The predicted molar refractivity (Wildman–Crippen MR) is 76.3 cm³/mol. The molecule has 5 heteroatoms. The Morgan fingerprint density at radius 1 is 1.35 bits per heavy atom. The number of carbonyl (C=O) groups excluding carboxylic acids is 2. The number of likely N-dealkylation sites (tertiary alicyclic amines) is 1. The molecule has 2 atom stereocenters. The van der Waals surface area contributed by atoms with E-state index in [1.54, 1.807) is 17.9 Å². The summed E-state index contributed by atoms with van der Waals surface area (Å²) < 4.78 is 10.2. The molecule has 0 unspecified atom stereocenters. The fourth-order valence-corrected chi connectivity index (χ4v) is 2.16. The standard InChI is InChI=1S/C15H25NO4/c1-6-19-13(17)8-7-12-11(2)9-10-16(12)14(18)20-15(3,4)5/h7-8,11-12H,6,9-10H2,1-5H3/b8-7+/t11-,12+/m0/s1.